The first-order chi connectivity index (χ1) is 11.7. The summed E-state index contributed by atoms with van der Waals surface area (Å²) in [5.74, 6) is -1.19. The van der Waals surface area contributed by atoms with E-state index in [0.717, 1.165) is 32.1 Å². The van der Waals surface area contributed by atoms with Crippen LogP contribution < -0.4 is 0 Å². The number of aliphatic carboxylic acids is 1. The van der Waals surface area contributed by atoms with Gasteiger partial charge in [-0.2, -0.15) is 0 Å². The Morgan fingerprint density at radius 1 is 0.920 bits per heavy atom. The van der Waals surface area contributed by atoms with Crippen molar-refractivity contribution in [2.24, 2.45) is 5.41 Å². The molecule has 0 aromatic heterocycles. The molecule has 0 radical (unpaired) electrons. The molecule has 5 nitrogen and oxygen atoms in total. The van der Waals surface area contributed by atoms with Crippen molar-refractivity contribution < 1.29 is 23.9 Å². The number of carboxylic acid groups (broad SMARTS) is 1. The van der Waals surface area contributed by atoms with Gasteiger partial charge in [-0.15, -0.1) is 0 Å². The molecular weight excluding hydrogens is 339 g/mol. The van der Waals surface area contributed by atoms with E-state index in [1.807, 2.05) is 20.8 Å². The van der Waals surface area contributed by atoms with Gasteiger partial charge in [-0.1, -0.05) is 73.1 Å². The Bertz CT molecular complexity index is 430. The van der Waals surface area contributed by atoms with Crippen LogP contribution in [0.4, 0.5) is 0 Å². The summed E-state index contributed by atoms with van der Waals surface area (Å²) in [5.41, 5.74) is -0.767. The molecule has 0 bridgehead atoms. The molecular formula is C19H39O5P. The second-order valence-electron chi connectivity index (χ2n) is 7.39. The first kappa shape index (κ1) is 24.6. The average molecular weight is 378 g/mol. The summed E-state index contributed by atoms with van der Waals surface area (Å²) in [6, 6.07) is 0. The van der Waals surface area contributed by atoms with Crippen molar-refractivity contribution in [2.45, 2.75) is 104 Å². The van der Waals surface area contributed by atoms with E-state index in [1.165, 1.54) is 0 Å². The van der Waals surface area contributed by atoms with Gasteiger partial charge in [0.15, 0.2) is 5.16 Å². The van der Waals surface area contributed by atoms with Crippen LogP contribution in [-0.2, 0) is 13.9 Å². The van der Waals surface area contributed by atoms with Crippen LogP contribution in [0.2, 0.25) is 0 Å². The molecule has 150 valence electrons. The van der Waals surface area contributed by atoms with Gasteiger partial charge in [0.25, 0.3) is 0 Å². The number of carboxylic acids is 1. The summed E-state index contributed by atoms with van der Waals surface area (Å²) >= 11 is 0. The lowest BCUT2D eigenvalue weighted by atomic mass is 9.67. The van der Waals surface area contributed by atoms with Crippen molar-refractivity contribution in [1.82, 2.24) is 0 Å². The van der Waals surface area contributed by atoms with Crippen LogP contribution in [0, 0.1) is 5.41 Å². The summed E-state index contributed by atoms with van der Waals surface area (Å²) in [6.45, 7) is 9.95. The highest BCUT2D eigenvalue weighted by atomic mass is 31.2. The predicted octanol–water partition coefficient (Wildman–Crippen LogP) is 6.00. The Balaban J connectivity index is 6.11. The Labute approximate surface area is 154 Å². The molecule has 0 aromatic carbocycles. The zero-order valence-corrected chi connectivity index (χ0v) is 17.7. The molecule has 0 aliphatic carbocycles. The van der Waals surface area contributed by atoms with Gasteiger partial charge in [-0.05, 0) is 31.1 Å². The van der Waals surface area contributed by atoms with Crippen molar-refractivity contribution in [3.63, 3.8) is 0 Å². The molecule has 0 rings (SSSR count). The summed E-state index contributed by atoms with van der Waals surface area (Å²) in [6.07, 6.45) is 6.94. The minimum atomic E-state index is -4.34. The predicted molar refractivity (Wildman–Crippen MR) is 103 cm³/mol. The summed E-state index contributed by atoms with van der Waals surface area (Å²) in [7, 11) is -4.34. The lowest BCUT2D eigenvalue weighted by Crippen LogP contribution is -2.53. The van der Waals surface area contributed by atoms with Crippen LogP contribution in [-0.4, -0.2) is 27.7 Å². The topological polar surface area (TPSA) is 83.8 Å². The van der Waals surface area contributed by atoms with Gasteiger partial charge in [-0.25, -0.2) is 0 Å². The second kappa shape index (κ2) is 11.4. The molecule has 2 atom stereocenters. The number of hydrogen-bond acceptors (Lipinski definition) is 3. The Kier molecular flexibility index (Phi) is 11.2. The van der Waals surface area contributed by atoms with Crippen molar-refractivity contribution in [3.8, 4) is 0 Å². The SMILES string of the molecule is CCCCOP(=O)(O)C(CCC)(C(=O)O)C(C)(CCCC)CCCC. The molecule has 6 heteroatoms. The highest BCUT2D eigenvalue weighted by molar-refractivity contribution is 7.55. The third kappa shape index (κ3) is 5.80. The molecule has 25 heavy (non-hydrogen) atoms. The van der Waals surface area contributed by atoms with Crippen molar-refractivity contribution in [1.29, 1.82) is 0 Å². The first-order valence-corrected chi connectivity index (χ1v) is 11.5. The second-order valence-corrected chi connectivity index (χ2v) is 9.45. The number of unbranched alkanes of at least 4 members (excludes halogenated alkanes) is 3. The normalized spacial score (nSPS) is 17.0. The molecule has 0 spiro atoms. The molecule has 0 aromatic rings. The molecule has 0 amide bonds. The van der Waals surface area contributed by atoms with Gasteiger partial charge >= 0.3 is 13.6 Å². The van der Waals surface area contributed by atoms with E-state index >= 15 is 0 Å². The Morgan fingerprint density at radius 3 is 1.76 bits per heavy atom. The molecule has 0 saturated heterocycles. The van der Waals surface area contributed by atoms with Crippen LogP contribution in [0.25, 0.3) is 0 Å². The van der Waals surface area contributed by atoms with Crippen LogP contribution >= 0.6 is 7.60 Å². The van der Waals surface area contributed by atoms with Crippen LogP contribution in [0.3, 0.4) is 0 Å². The summed E-state index contributed by atoms with van der Waals surface area (Å²) in [4.78, 5) is 23.3. The fourth-order valence-electron chi connectivity index (χ4n) is 3.75. The maximum Gasteiger partial charge on any atom is 0.345 e. The van der Waals surface area contributed by atoms with Crippen LogP contribution in [0.15, 0.2) is 0 Å². The molecule has 0 heterocycles. The zero-order chi connectivity index (χ0) is 19.6. The van der Waals surface area contributed by atoms with Gasteiger partial charge in [0.2, 0.25) is 0 Å². The van der Waals surface area contributed by atoms with E-state index in [2.05, 4.69) is 13.8 Å². The zero-order valence-electron chi connectivity index (χ0n) is 16.8. The first-order valence-electron chi connectivity index (χ1n) is 9.89. The molecule has 2 unspecified atom stereocenters. The lowest BCUT2D eigenvalue weighted by Gasteiger charge is -2.47. The number of rotatable bonds is 15. The minimum Gasteiger partial charge on any atom is -0.480 e. The largest absolute Gasteiger partial charge is 0.480 e. The van der Waals surface area contributed by atoms with Crippen molar-refractivity contribution in [2.75, 3.05) is 6.61 Å². The average Bonchev–Trinajstić information content (AvgIpc) is 2.55. The quantitative estimate of drug-likeness (QED) is 0.270. The van der Waals surface area contributed by atoms with Crippen molar-refractivity contribution in [3.05, 3.63) is 0 Å². The summed E-state index contributed by atoms with van der Waals surface area (Å²) in [5, 5.41) is 8.43. The molecule has 0 saturated carbocycles. The summed E-state index contributed by atoms with van der Waals surface area (Å²) < 4.78 is 18.7. The third-order valence-electron chi connectivity index (χ3n) is 5.37. The van der Waals surface area contributed by atoms with E-state index in [-0.39, 0.29) is 13.0 Å². The molecule has 0 aliphatic heterocycles. The fraction of sp³-hybridized carbons (Fsp3) is 0.947. The van der Waals surface area contributed by atoms with Gasteiger partial charge < -0.3 is 14.5 Å². The molecule has 0 fully saturated rings. The van der Waals surface area contributed by atoms with Crippen LogP contribution in [0.1, 0.15) is 98.8 Å². The number of carbonyl (C=O) groups is 1. The van der Waals surface area contributed by atoms with Gasteiger partial charge in [0.05, 0.1) is 6.61 Å². The van der Waals surface area contributed by atoms with E-state index in [1.54, 1.807) is 0 Å². The molecule has 2 N–H and O–H groups in total. The maximum atomic E-state index is 13.3. The van der Waals surface area contributed by atoms with E-state index < -0.39 is 24.1 Å². The van der Waals surface area contributed by atoms with E-state index in [9.17, 15) is 19.4 Å². The standard InChI is InChI=1S/C19H39O5P/c1-6-10-14-18(5,15-11-7-2)19(13-9-4,17(20)21)25(22,23)24-16-12-8-3/h6-16H2,1-5H3,(H,20,21)(H,22,23). The third-order valence-corrected chi connectivity index (χ3v) is 7.83. The highest BCUT2D eigenvalue weighted by Gasteiger charge is 2.64. The van der Waals surface area contributed by atoms with E-state index in [4.69, 9.17) is 4.52 Å². The lowest BCUT2D eigenvalue weighted by molar-refractivity contribution is -0.146. The van der Waals surface area contributed by atoms with Gasteiger partial charge in [0.1, 0.15) is 0 Å². The molecule has 0 aliphatic rings. The smallest absolute Gasteiger partial charge is 0.345 e. The fourth-order valence-corrected chi connectivity index (χ4v) is 6.00. The van der Waals surface area contributed by atoms with Crippen LogP contribution in [0.5, 0.6) is 0 Å². The van der Waals surface area contributed by atoms with Crippen molar-refractivity contribution >= 4 is 13.6 Å². The van der Waals surface area contributed by atoms with E-state index in [0.29, 0.717) is 25.7 Å². The van der Waals surface area contributed by atoms with Gasteiger partial charge in [0, 0.05) is 0 Å². The highest BCUT2D eigenvalue weighted by Crippen LogP contribution is 2.67. The monoisotopic (exact) mass is 378 g/mol. The minimum absolute atomic E-state index is 0.126. The Morgan fingerprint density at radius 2 is 1.40 bits per heavy atom. The Hall–Kier alpha value is -0.380. The van der Waals surface area contributed by atoms with Gasteiger partial charge in [-0.3, -0.25) is 9.36 Å². The number of hydrogen-bond donors (Lipinski definition) is 2. The maximum absolute atomic E-state index is 13.3.